The summed E-state index contributed by atoms with van der Waals surface area (Å²) in [6, 6.07) is 11.1. The highest BCUT2D eigenvalue weighted by Crippen LogP contribution is 2.27. The number of benzene rings is 2. The number of carbonyl (C=O) groups excluding carboxylic acids is 3. The summed E-state index contributed by atoms with van der Waals surface area (Å²) in [5, 5.41) is 2.53. The molecule has 0 saturated heterocycles. The van der Waals surface area contributed by atoms with E-state index >= 15 is 0 Å². The molecule has 3 rings (SSSR count). The summed E-state index contributed by atoms with van der Waals surface area (Å²) in [4.78, 5) is 36.9. The molecule has 0 bridgehead atoms. The fraction of sp³-hybridized carbons (Fsp3) is 0.0556. The zero-order chi connectivity index (χ0) is 15.7. The summed E-state index contributed by atoms with van der Waals surface area (Å²) in [7, 11) is 0. The average Bonchev–Trinajstić information content (AvgIpc) is 2.57. The van der Waals surface area contributed by atoms with Gasteiger partial charge in [-0.1, -0.05) is 30.2 Å². The second-order valence-electron chi connectivity index (χ2n) is 4.85. The summed E-state index contributed by atoms with van der Waals surface area (Å²) in [6.45, 7) is 0.103. The Bertz CT molecular complexity index is 859. The number of rotatable bonds is 2. The first kappa shape index (κ1) is 13.8. The molecule has 0 saturated carbocycles. The molecule has 1 amide bonds. The van der Waals surface area contributed by atoms with Crippen LogP contribution >= 0.6 is 0 Å². The second kappa shape index (κ2) is 5.30. The maximum absolute atomic E-state index is 12.5. The molecule has 0 radical (unpaired) electrons. The first-order valence-corrected chi connectivity index (χ1v) is 6.67. The molecule has 2 aromatic carbocycles. The third-order valence-electron chi connectivity index (χ3n) is 3.54. The highest BCUT2D eigenvalue weighted by molar-refractivity contribution is 6.28. The van der Waals surface area contributed by atoms with E-state index in [4.69, 9.17) is 6.42 Å². The zero-order valence-corrected chi connectivity index (χ0v) is 11.6. The quantitative estimate of drug-likeness (QED) is 0.732. The van der Waals surface area contributed by atoms with Crippen LogP contribution in [0.4, 0.5) is 0 Å². The Morgan fingerprint density at radius 2 is 1.55 bits per heavy atom. The average molecular weight is 289 g/mol. The van der Waals surface area contributed by atoms with Gasteiger partial charge in [-0.05, 0) is 18.2 Å². The van der Waals surface area contributed by atoms with E-state index in [0.717, 1.165) is 0 Å². The topological polar surface area (TPSA) is 63.2 Å². The van der Waals surface area contributed by atoms with Crippen molar-refractivity contribution in [1.82, 2.24) is 5.32 Å². The van der Waals surface area contributed by atoms with Crippen LogP contribution in [0.2, 0.25) is 0 Å². The zero-order valence-electron chi connectivity index (χ0n) is 11.6. The van der Waals surface area contributed by atoms with Crippen molar-refractivity contribution in [3.63, 3.8) is 0 Å². The summed E-state index contributed by atoms with van der Waals surface area (Å²) in [6.07, 6.45) is 5.10. The van der Waals surface area contributed by atoms with E-state index in [9.17, 15) is 14.4 Å². The van der Waals surface area contributed by atoms with Crippen molar-refractivity contribution >= 4 is 17.5 Å². The van der Waals surface area contributed by atoms with E-state index in [0.29, 0.717) is 22.3 Å². The van der Waals surface area contributed by atoms with Crippen LogP contribution in [0.5, 0.6) is 0 Å². The van der Waals surface area contributed by atoms with Gasteiger partial charge in [0.1, 0.15) is 0 Å². The molecule has 2 aromatic rings. The molecule has 0 spiro atoms. The molecule has 0 aromatic heterocycles. The van der Waals surface area contributed by atoms with Gasteiger partial charge < -0.3 is 5.32 Å². The molecule has 0 aliphatic heterocycles. The van der Waals surface area contributed by atoms with Gasteiger partial charge in [0.25, 0.3) is 5.91 Å². The molecule has 0 atom stereocenters. The number of amides is 1. The van der Waals surface area contributed by atoms with Crippen molar-refractivity contribution in [2.75, 3.05) is 6.54 Å². The van der Waals surface area contributed by atoms with Crippen molar-refractivity contribution < 1.29 is 14.4 Å². The molecular weight excluding hydrogens is 278 g/mol. The van der Waals surface area contributed by atoms with E-state index in [-0.39, 0.29) is 29.6 Å². The highest BCUT2D eigenvalue weighted by atomic mass is 16.2. The Morgan fingerprint density at radius 3 is 2.18 bits per heavy atom. The molecule has 0 fully saturated rings. The van der Waals surface area contributed by atoms with Crippen LogP contribution in [0.15, 0.2) is 42.5 Å². The molecule has 106 valence electrons. The molecule has 1 aliphatic carbocycles. The van der Waals surface area contributed by atoms with Gasteiger partial charge in [-0.2, -0.15) is 0 Å². The van der Waals surface area contributed by atoms with Crippen LogP contribution in [0.3, 0.4) is 0 Å². The minimum atomic E-state index is -0.375. The Morgan fingerprint density at radius 1 is 0.955 bits per heavy atom. The van der Waals surface area contributed by atoms with Gasteiger partial charge in [0.05, 0.1) is 6.54 Å². The van der Waals surface area contributed by atoms with Gasteiger partial charge in [0, 0.05) is 27.8 Å². The van der Waals surface area contributed by atoms with Crippen LogP contribution in [0, 0.1) is 12.3 Å². The highest BCUT2D eigenvalue weighted by Gasteiger charge is 2.29. The molecule has 4 nitrogen and oxygen atoms in total. The molecule has 1 N–H and O–H groups in total. The van der Waals surface area contributed by atoms with E-state index in [1.54, 1.807) is 24.3 Å². The summed E-state index contributed by atoms with van der Waals surface area (Å²) in [5.74, 6) is 1.47. The van der Waals surface area contributed by atoms with Crippen molar-refractivity contribution in [3.05, 3.63) is 70.3 Å². The van der Waals surface area contributed by atoms with E-state index in [1.807, 2.05) is 0 Å². The van der Waals surface area contributed by atoms with Gasteiger partial charge in [0.15, 0.2) is 11.6 Å². The van der Waals surface area contributed by atoms with Gasteiger partial charge in [0.2, 0.25) is 0 Å². The van der Waals surface area contributed by atoms with Crippen molar-refractivity contribution in [3.8, 4) is 12.3 Å². The summed E-state index contributed by atoms with van der Waals surface area (Å²) >= 11 is 0. The Balaban J connectivity index is 2.07. The molecule has 4 heteroatoms. The van der Waals surface area contributed by atoms with E-state index < -0.39 is 0 Å². The van der Waals surface area contributed by atoms with Crippen LogP contribution in [0.25, 0.3) is 0 Å². The fourth-order valence-electron chi connectivity index (χ4n) is 2.47. The second-order valence-corrected chi connectivity index (χ2v) is 4.85. The van der Waals surface area contributed by atoms with Crippen LogP contribution in [-0.2, 0) is 0 Å². The van der Waals surface area contributed by atoms with E-state index in [2.05, 4.69) is 11.2 Å². The summed E-state index contributed by atoms with van der Waals surface area (Å²) in [5.41, 5.74) is 1.62. The normalized spacial score (nSPS) is 12.1. The van der Waals surface area contributed by atoms with Gasteiger partial charge in [-0.15, -0.1) is 6.42 Å². The first-order chi connectivity index (χ1) is 10.6. The maximum atomic E-state index is 12.5. The molecule has 22 heavy (non-hydrogen) atoms. The monoisotopic (exact) mass is 289 g/mol. The molecule has 0 unspecified atom stereocenters. The first-order valence-electron chi connectivity index (χ1n) is 6.67. The lowest BCUT2D eigenvalue weighted by molar-refractivity contribution is 0.0955. The SMILES string of the molecule is C#CCNC(=O)c1ccc2c(c1)C(=O)c1ccccc1C2=O. The standard InChI is InChI=1S/C18H11NO3/c1-2-9-19-18(22)11-7-8-14-15(10-11)17(21)13-6-4-3-5-12(13)16(14)20/h1,3-8,10H,9H2,(H,19,22). The lowest BCUT2D eigenvalue weighted by atomic mass is 9.83. The van der Waals surface area contributed by atoms with Crippen LogP contribution < -0.4 is 5.32 Å². The number of terminal acetylenes is 1. The number of ketones is 2. The minimum absolute atomic E-state index is 0.103. The smallest absolute Gasteiger partial charge is 0.252 e. The minimum Gasteiger partial charge on any atom is -0.341 e. The number of hydrogen-bond donors (Lipinski definition) is 1. The lowest BCUT2D eigenvalue weighted by Gasteiger charge is -2.17. The van der Waals surface area contributed by atoms with Gasteiger partial charge in [-0.25, -0.2) is 0 Å². The maximum Gasteiger partial charge on any atom is 0.252 e. The van der Waals surface area contributed by atoms with Crippen molar-refractivity contribution in [1.29, 1.82) is 0 Å². The predicted octanol–water partition coefficient (Wildman–Crippen LogP) is 1.83. The molecule has 0 heterocycles. The third-order valence-corrected chi connectivity index (χ3v) is 3.54. The Labute approximate surface area is 127 Å². The van der Waals surface area contributed by atoms with Gasteiger partial charge in [-0.3, -0.25) is 14.4 Å². The number of nitrogens with one attached hydrogen (secondary N) is 1. The largest absolute Gasteiger partial charge is 0.341 e. The number of fused-ring (bicyclic) bond motifs is 2. The Hall–Kier alpha value is -3.19. The molecular formula is C18H11NO3. The van der Waals surface area contributed by atoms with Gasteiger partial charge >= 0.3 is 0 Å². The fourth-order valence-corrected chi connectivity index (χ4v) is 2.47. The number of carbonyl (C=O) groups is 3. The van der Waals surface area contributed by atoms with Crippen molar-refractivity contribution in [2.24, 2.45) is 0 Å². The van der Waals surface area contributed by atoms with Crippen molar-refractivity contribution in [2.45, 2.75) is 0 Å². The third kappa shape index (κ3) is 2.09. The Kier molecular flexibility index (Phi) is 3.32. The lowest BCUT2D eigenvalue weighted by Crippen LogP contribution is -2.25. The molecule has 1 aliphatic rings. The van der Waals surface area contributed by atoms with Crippen LogP contribution in [-0.4, -0.2) is 24.0 Å². The van der Waals surface area contributed by atoms with Crippen LogP contribution in [0.1, 0.15) is 42.2 Å². The summed E-state index contributed by atoms with van der Waals surface area (Å²) < 4.78 is 0. The number of hydrogen-bond acceptors (Lipinski definition) is 3. The predicted molar refractivity (Wildman–Crippen MR) is 80.9 cm³/mol. The van der Waals surface area contributed by atoms with E-state index in [1.165, 1.54) is 18.2 Å².